The fourth-order valence-corrected chi connectivity index (χ4v) is 2.93. The summed E-state index contributed by atoms with van der Waals surface area (Å²) >= 11 is 0. The lowest BCUT2D eigenvalue weighted by atomic mass is 10.1. The van der Waals surface area contributed by atoms with Gasteiger partial charge in [0.1, 0.15) is 0 Å². The van der Waals surface area contributed by atoms with Crippen molar-refractivity contribution in [1.82, 2.24) is 9.62 Å². The van der Waals surface area contributed by atoms with Crippen molar-refractivity contribution >= 4 is 15.9 Å². The van der Waals surface area contributed by atoms with Gasteiger partial charge in [0.15, 0.2) is 0 Å². The Balaban J connectivity index is 2.44. The van der Waals surface area contributed by atoms with Crippen molar-refractivity contribution in [2.45, 2.75) is 38.8 Å². The molecule has 1 saturated heterocycles. The molecule has 6 nitrogen and oxygen atoms in total. The van der Waals surface area contributed by atoms with Crippen LogP contribution in [0.1, 0.15) is 26.7 Å². The van der Waals surface area contributed by atoms with Crippen molar-refractivity contribution in [3.05, 3.63) is 0 Å². The first-order chi connectivity index (χ1) is 7.86. The van der Waals surface area contributed by atoms with E-state index in [9.17, 15) is 13.2 Å². The molecule has 17 heavy (non-hydrogen) atoms. The van der Waals surface area contributed by atoms with E-state index >= 15 is 0 Å². The number of carbonyl (C=O) groups is 1. The molecule has 1 rings (SSSR count). The van der Waals surface area contributed by atoms with Gasteiger partial charge in [0.2, 0.25) is 15.9 Å². The molecule has 1 unspecified atom stereocenters. The van der Waals surface area contributed by atoms with Crippen LogP contribution in [-0.2, 0) is 14.8 Å². The average molecular weight is 263 g/mol. The Hall–Kier alpha value is -0.660. The number of carbonyl (C=O) groups excluding carboxylic acids is 1. The zero-order chi connectivity index (χ0) is 13.1. The Morgan fingerprint density at radius 3 is 2.41 bits per heavy atom. The largest absolute Gasteiger partial charge is 0.352 e. The van der Waals surface area contributed by atoms with Crippen LogP contribution >= 0.6 is 0 Å². The fourth-order valence-electron chi connectivity index (χ4n) is 1.79. The van der Waals surface area contributed by atoms with Crippen molar-refractivity contribution in [2.75, 3.05) is 18.8 Å². The molecule has 1 aliphatic heterocycles. The quantitative estimate of drug-likeness (QED) is 0.699. The summed E-state index contributed by atoms with van der Waals surface area (Å²) in [7, 11) is -3.09. The first-order valence-electron chi connectivity index (χ1n) is 5.90. The molecule has 0 aliphatic carbocycles. The highest BCUT2D eigenvalue weighted by atomic mass is 32.2. The van der Waals surface area contributed by atoms with Crippen LogP contribution in [0.4, 0.5) is 0 Å². The second-order valence-corrected chi connectivity index (χ2v) is 6.63. The smallest absolute Gasteiger partial charge is 0.236 e. The molecule has 100 valence electrons. The first kappa shape index (κ1) is 14.4. The van der Waals surface area contributed by atoms with E-state index in [0.29, 0.717) is 25.9 Å². The molecule has 0 aromatic heterocycles. The van der Waals surface area contributed by atoms with Crippen LogP contribution in [0.2, 0.25) is 0 Å². The van der Waals surface area contributed by atoms with E-state index in [2.05, 4.69) is 5.32 Å². The van der Waals surface area contributed by atoms with Crippen LogP contribution in [0.5, 0.6) is 0 Å². The number of hydrogen-bond donors (Lipinski definition) is 2. The van der Waals surface area contributed by atoms with Gasteiger partial charge in [0, 0.05) is 19.1 Å². The number of nitrogens with two attached hydrogens (primary N) is 1. The standard InChI is InChI=1S/C10H21N3O3S/c1-3-17(15,16)13-6-4-9(5-7-13)12-10(14)8(2)11/h8-9H,3-7,11H2,1-2H3,(H,12,14). The fraction of sp³-hybridized carbons (Fsp3) is 0.900. The van der Waals surface area contributed by atoms with Crippen molar-refractivity contribution in [3.8, 4) is 0 Å². The number of rotatable bonds is 4. The third kappa shape index (κ3) is 3.93. The van der Waals surface area contributed by atoms with E-state index in [1.54, 1.807) is 13.8 Å². The van der Waals surface area contributed by atoms with Gasteiger partial charge in [-0.1, -0.05) is 0 Å². The van der Waals surface area contributed by atoms with Crippen molar-refractivity contribution in [1.29, 1.82) is 0 Å². The topological polar surface area (TPSA) is 92.5 Å². The molecule has 0 spiro atoms. The molecule has 7 heteroatoms. The number of nitrogens with zero attached hydrogens (tertiary/aromatic N) is 1. The molecule has 1 heterocycles. The molecule has 3 N–H and O–H groups in total. The summed E-state index contributed by atoms with van der Waals surface area (Å²) in [5.41, 5.74) is 5.45. The van der Waals surface area contributed by atoms with Crippen molar-refractivity contribution in [2.24, 2.45) is 5.73 Å². The predicted octanol–water partition coefficient (Wildman–Crippen LogP) is -0.736. The van der Waals surface area contributed by atoms with Gasteiger partial charge < -0.3 is 11.1 Å². The predicted molar refractivity (Wildman–Crippen MR) is 65.8 cm³/mol. The molecule has 0 radical (unpaired) electrons. The molecule has 1 amide bonds. The Morgan fingerprint density at radius 2 is 2.00 bits per heavy atom. The van der Waals surface area contributed by atoms with Crippen LogP contribution in [0.15, 0.2) is 0 Å². The third-order valence-electron chi connectivity index (χ3n) is 2.97. The Kier molecular flexibility index (Phi) is 4.91. The molecular formula is C10H21N3O3S. The maximum Gasteiger partial charge on any atom is 0.236 e. The lowest BCUT2D eigenvalue weighted by Crippen LogP contribution is -2.50. The normalized spacial score (nSPS) is 21.1. The van der Waals surface area contributed by atoms with E-state index in [0.717, 1.165) is 0 Å². The SMILES string of the molecule is CCS(=O)(=O)N1CCC(NC(=O)C(C)N)CC1. The number of amides is 1. The minimum atomic E-state index is -3.09. The van der Waals surface area contributed by atoms with Crippen LogP contribution in [0, 0.1) is 0 Å². The highest BCUT2D eigenvalue weighted by Gasteiger charge is 2.27. The van der Waals surface area contributed by atoms with Crippen LogP contribution < -0.4 is 11.1 Å². The lowest BCUT2D eigenvalue weighted by Gasteiger charge is -2.31. The van der Waals surface area contributed by atoms with Crippen LogP contribution in [-0.4, -0.2) is 49.6 Å². The molecule has 1 aliphatic rings. The Bertz CT molecular complexity index is 359. The Labute approximate surface area is 103 Å². The molecule has 1 atom stereocenters. The van der Waals surface area contributed by atoms with Gasteiger partial charge >= 0.3 is 0 Å². The van der Waals surface area contributed by atoms with Crippen molar-refractivity contribution < 1.29 is 13.2 Å². The van der Waals surface area contributed by atoms with Gasteiger partial charge in [-0.2, -0.15) is 0 Å². The highest BCUT2D eigenvalue weighted by Crippen LogP contribution is 2.14. The monoisotopic (exact) mass is 263 g/mol. The number of hydrogen-bond acceptors (Lipinski definition) is 4. The van der Waals surface area contributed by atoms with E-state index in [-0.39, 0.29) is 17.7 Å². The van der Waals surface area contributed by atoms with Crippen LogP contribution in [0.25, 0.3) is 0 Å². The van der Waals surface area contributed by atoms with Gasteiger partial charge in [-0.15, -0.1) is 0 Å². The minimum Gasteiger partial charge on any atom is -0.352 e. The molecule has 0 aromatic carbocycles. The minimum absolute atomic E-state index is 0.0387. The second kappa shape index (κ2) is 5.79. The van der Waals surface area contributed by atoms with E-state index in [1.165, 1.54) is 4.31 Å². The number of sulfonamides is 1. The van der Waals surface area contributed by atoms with Gasteiger partial charge in [-0.25, -0.2) is 12.7 Å². The summed E-state index contributed by atoms with van der Waals surface area (Å²) in [5, 5.41) is 2.82. The summed E-state index contributed by atoms with van der Waals surface area (Å²) in [6.45, 7) is 4.21. The maximum absolute atomic E-state index is 11.6. The zero-order valence-electron chi connectivity index (χ0n) is 10.3. The molecular weight excluding hydrogens is 242 g/mol. The molecule has 1 fully saturated rings. The van der Waals surface area contributed by atoms with Gasteiger partial charge in [-0.3, -0.25) is 4.79 Å². The molecule has 0 bridgehead atoms. The summed E-state index contributed by atoms with van der Waals surface area (Å²) in [6.07, 6.45) is 1.30. The van der Waals surface area contributed by atoms with Crippen LogP contribution in [0.3, 0.4) is 0 Å². The van der Waals surface area contributed by atoms with Gasteiger partial charge in [-0.05, 0) is 26.7 Å². The summed E-state index contributed by atoms with van der Waals surface area (Å²) in [6, 6.07) is -0.482. The van der Waals surface area contributed by atoms with Crippen molar-refractivity contribution in [3.63, 3.8) is 0 Å². The van der Waals surface area contributed by atoms with E-state index in [1.807, 2.05) is 0 Å². The van der Waals surface area contributed by atoms with E-state index < -0.39 is 16.1 Å². The maximum atomic E-state index is 11.6. The summed E-state index contributed by atoms with van der Waals surface area (Å²) in [5.74, 6) is -0.0501. The third-order valence-corrected chi connectivity index (χ3v) is 4.85. The summed E-state index contributed by atoms with van der Waals surface area (Å²) < 4.78 is 24.7. The second-order valence-electron chi connectivity index (χ2n) is 4.37. The molecule has 0 saturated carbocycles. The van der Waals surface area contributed by atoms with Gasteiger partial charge in [0.05, 0.1) is 11.8 Å². The number of piperidine rings is 1. The summed E-state index contributed by atoms with van der Waals surface area (Å²) in [4.78, 5) is 11.4. The molecule has 0 aromatic rings. The first-order valence-corrected chi connectivity index (χ1v) is 7.51. The van der Waals surface area contributed by atoms with Gasteiger partial charge in [0.25, 0.3) is 0 Å². The average Bonchev–Trinajstić information content (AvgIpc) is 2.29. The lowest BCUT2D eigenvalue weighted by molar-refractivity contribution is -0.122. The highest BCUT2D eigenvalue weighted by molar-refractivity contribution is 7.89. The van der Waals surface area contributed by atoms with E-state index in [4.69, 9.17) is 5.73 Å². The number of nitrogens with one attached hydrogen (secondary N) is 1. The zero-order valence-corrected chi connectivity index (χ0v) is 11.2. The Morgan fingerprint density at radius 1 is 1.47 bits per heavy atom.